The first-order valence-corrected chi connectivity index (χ1v) is 11.2. The smallest absolute Gasteiger partial charge is 0.381 e. The summed E-state index contributed by atoms with van der Waals surface area (Å²) in [5.74, 6) is -0.157. The third-order valence-electron chi connectivity index (χ3n) is 6.16. The number of hydrazine groups is 1. The largest absolute Gasteiger partial charge is 0.416 e. The molecule has 0 unspecified atom stereocenters. The standard InChI is InChI=1S/C26H29F3N4O/c1-17-23-22(24(34)32(4)31-25(2,3)16-30-23)21(14-18-8-6-5-7-9-18)33(17)15-19-10-12-20(13-11-19)26(27,28)29/h5-13,30-31H,14-16H2,1-4H3. The number of aromatic nitrogens is 1. The Morgan fingerprint density at radius 3 is 2.26 bits per heavy atom. The number of halogens is 3. The molecule has 0 fully saturated rings. The van der Waals surface area contributed by atoms with Gasteiger partial charge < -0.3 is 9.88 Å². The van der Waals surface area contributed by atoms with E-state index in [9.17, 15) is 18.0 Å². The molecule has 1 aliphatic rings. The number of anilines is 1. The summed E-state index contributed by atoms with van der Waals surface area (Å²) in [5, 5.41) is 4.98. The topological polar surface area (TPSA) is 49.3 Å². The van der Waals surface area contributed by atoms with Gasteiger partial charge in [-0.3, -0.25) is 9.80 Å². The molecule has 3 aromatic rings. The van der Waals surface area contributed by atoms with E-state index in [4.69, 9.17) is 0 Å². The van der Waals surface area contributed by atoms with Crippen LogP contribution in [0.2, 0.25) is 0 Å². The van der Waals surface area contributed by atoms with Gasteiger partial charge in [0, 0.05) is 43.5 Å². The number of fused-ring (bicyclic) bond motifs is 1. The number of amides is 1. The lowest BCUT2D eigenvalue weighted by molar-refractivity contribution is -0.137. The van der Waals surface area contributed by atoms with Crippen molar-refractivity contribution in [3.05, 3.63) is 88.2 Å². The van der Waals surface area contributed by atoms with Crippen LogP contribution in [-0.2, 0) is 19.1 Å². The van der Waals surface area contributed by atoms with Gasteiger partial charge in [0.2, 0.25) is 0 Å². The Bertz CT molecular complexity index is 1180. The minimum atomic E-state index is -4.38. The van der Waals surface area contributed by atoms with Gasteiger partial charge in [0.05, 0.1) is 16.8 Å². The molecule has 0 aliphatic carbocycles. The number of hydrogen-bond donors (Lipinski definition) is 2. The maximum absolute atomic E-state index is 13.5. The Morgan fingerprint density at radius 2 is 1.65 bits per heavy atom. The highest BCUT2D eigenvalue weighted by molar-refractivity contribution is 6.02. The van der Waals surface area contributed by atoms with E-state index in [-0.39, 0.29) is 11.4 Å². The molecule has 2 aromatic carbocycles. The van der Waals surface area contributed by atoms with Gasteiger partial charge in [0.1, 0.15) is 0 Å². The van der Waals surface area contributed by atoms with Gasteiger partial charge in [0.15, 0.2) is 0 Å². The maximum atomic E-state index is 13.5. The fourth-order valence-corrected chi connectivity index (χ4v) is 4.43. The van der Waals surface area contributed by atoms with E-state index in [1.165, 1.54) is 17.1 Å². The van der Waals surface area contributed by atoms with Crippen LogP contribution in [0.15, 0.2) is 54.6 Å². The Morgan fingerprint density at radius 1 is 1.00 bits per heavy atom. The third kappa shape index (κ3) is 4.82. The summed E-state index contributed by atoms with van der Waals surface area (Å²) >= 11 is 0. The molecule has 4 rings (SSSR count). The number of rotatable bonds is 4. The van der Waals surface area contributed by atoms with Crippen LogP contribution in [0.4, 0.5) is 18.9 Å². The van der Waals surface area contributed by atoms with Gasteiger partial charge in [-0.2, -0.15) is 13.2 Å². The fourth-order valence-electron chi connectivity index (χ4n) is 4.43. The molecule has 34 heavy (non-hydrogen) atoms. The van der Waals surface area contributed by atoms with Gasteiger partial charge in [-0.05, 0) is 44.0 Å². The number of nitrogens with one attached hydrogen (secondary N) is 2. The molecule has 5 nitrogen and oxygen atoms in total. The van der Waals surface area contributed by atoms with E-state index in [1.807, 2.05) is 55.7 Å². The molecule has 2 N–H and O–H groups in total. The number of alkyl halides is 3. The van der Waals surface area contributed by atoms with Gasteiger partial charge >= 0.3 is 6.18 Å². The first-order valence-electron chi connectivity index (χ1n) is 11.2. The van der Waals surface area contributed by atoms with Gasteiger partial charge in [0.25, 0.3) is 5.91 Å². The van der Waals surface area contributed by atoms with Crippen LogP contribution in [-0.4, -0.2) is 34.6 Å². The lowest BCUT2D eigenvalue weighted by atomic mass is 10.0. The molecule has 0 atom stereocenters. The van der Waals surface area contributed by atoms with Crippen molar-refractivity contribution in [2.24, 2.45) is 0 Å². The van der Waals surface area contributed by atoms with Crippen molar-refractivity contribution >= 4 is 11.6 Å². The number of hydrogen-bond acceptors (Lipinski definition) is 3. The average molecular weight is 471 g/mol. The van der Waals surface area contributed by atoms with Crippen molar-refractivity contribution in [1.82, 2.24) is 15.0 Å². The SMILES string of the molecule is Cc1c2c(c(Cc3ccccc3)n1Cc1ccc(C(F)(F)F)cc1)C(=O)N(C)NC(C)(C)CN2. The van der Waals surface area contributed by atoms with Crippen molar-refractivity contribution < 1.29 is 18.0 Å². The molecule has 1 aromatic heterocycles. The Labute approximate surface area is 197 Å². The van der Waals surface area contributed by atoms with Crippen LogP contribution >= 0.6 is 0 Å². The van der Waals surface area contributed by atoms with Crippen molar-refractivity contribution in [3.8, 4) is 0 Å². The molecular formula is C26H29F3N4O. The highest BCUT2D eigenvalue weighted by atomic mass is 19.4. The summed E-state index contributed by atoms with van der Waals surface area (Å²) in [6.07, 6.45) is -3.86. The summed E-state index contributed by atoms with van der Waals surface area (Å²) < 4.78 is 41.1. The summed E-state index contributed by atoms with van der Waals surface area (Å²) in [5.41, 5.74) is 7.03. The minimum Gasteiger partial charge on any atom is -0.381 e. The van der Waals surface area contributed by atoms with Crippen LogP contribution in [0.25, 0.3) is 0 Å². The Hall–Kier alpha value is -3.26. The zero-order chi connectivity index (χ0) is 24.7. The van der Waals surface area contributed by atoms with E-state index in [1.54, 1.807) is 7.05 Å². The second kappa shape index (κ2) is 8.83. The molecule has 180 valence electrons. The average Bonchev–Trinajstić information content (AvgIpc) is 3.02. The summed E-state index contributed by atoms with van der Waals surface area (Å²) in [4.78, 5) is 13.5. The van der Waals surface area contributed by atoms with E-state index in [0.717, 1.165) is 40.3 Å². The molecule has 1 amide bonds. The van der Waals surface area contributed by atoms with E-state index < -0.39 is 11.7 Å². The summed E-state index contributed by atoms with van der Waals surface area (Å²) in [6.45, 7) is 6.91. The van der Waals surface area contributed by atoms with Crippen LogP contribution in [0.1, 0.15) is 52.3 Å². The van der Waals surface area contributed by atoms with E-state index in [0.29, 0.717) is 25.1 Å². The number of carbonyl (C=O) groups is 1. The second-order valence-electron chi connectivity index (χ2n) is 9.44. The number of benzene rings is 2. The predicted molar refractivity (Wildman–Crippen MR) is 127 cm³/mol. The number of nitrogens with zero attached hydrogens (tertiary/aromatic N) is 2. The highest BCUT2D eigenvalue weighted by Crippen LogP contribution is 2.34. The monoisotopic (exact) mass is 470 g/mol. The second-order valence-corrected chi connectivity index (χ2v) is 9.44. The molecule has 8 heteroatoms. The van der Waals surface area contributed by atoms with Crippen molar-refractivity contribution in [1.29, 1.82) is 0 Å². The van der Waals surface area contributed by atoms with Crippen LogP contribution < -0.4 is 10.7 Å². The first-order chi connectivity index (χ1) is 16.0. The molecule has 0 saturated heterocycles. The van der Waals surface area contributed by atoms with Crippen LogP contribution in [0, 0.1) is 6.92 Å². The van der Waals surface area contributed by atoms with Crippen LogP contribution in [0.5, 0.6) is 0 Å². The quantitative estimate of drug-likeness (QED) is 0.549. The summed E-state index contributed by atoms with van der Waals surface area (Å²) in [7, 11) is 1.72. The maximum Gasteiger partial charge on any atom is 0.416 e. The van der Waals surface area contributed by atoms with Gasteiger partial charge in [-0.15, -0.1) is 0 Å². The lowest BCUT2D eigenvalue weighted by Gasteiger charge is -2.35. The molecule has 0 spiro atoms. The van der Waals surface area contributed by atoms with Crippen molar-refractivity contribution in [2.45, 2.75) is 45.5 Å². The zero-order valence-electron chi connectivity index (χ0n) is 19.8. The lowest BCUT2D eigenvalue weighted by Crippen LogP contribution is -2.56. The summed E-state index contributed by atoms with van der Waals surface area (Å²) in [6, 6.07) is 15.0. The Kier molecular flexibility index (Phi) is 6.20. The zero-order valence-corrected chi connectivity index (χ0v) is 19.8. The normalized spacial score (nSPS) is 16.0. The predicted octanol–water partition coefficient (Wildman–Crippen LogP) is 5.24. The fraction of sp³-hybridized carbons (Fsp3) is 0.346. The third-order valence-corrected chi connectivity index (χ3v) is 6.16. The molecular weight excluding hydrogens is 441 g/mol. The number of carbonyl (C=O) groups excluding carboxylic acids is 1. The Balaban J connectivity index is 1.82. The minimum absolute atomic E-state index is 0.157. The van der Waals surface area contributed by atoms with Crippen LogP contribution in [0.3, 0.4) is 0 Å². The van der Waals surface area contributed by atoms with Gasteiger partial charge in [-0.1, -0.05) is 42.5 Å². The molecule has 2 heterocycles. The molecule has 0 bridgehead atoms. The first kappa shape index (κ1) is 23.9. The van der Waals surface area contributed by atoms with Crippen molar-refractivity contribution in [3.63, 3.8) is 0 Å². The molecule has 0 radical (unpaired) electrons. The van der Waals surface area contributed by atoms with E-state index in [2.05, 4.69) is 10.7 Å². The van der Waals surface area contributed by atoms with Crippen molar-refractivity contribution in [2.75, 3.05) is 18.9 Å². The van der Waals surface area contributed by atoms with E-state index >= 15 is 0 Å². The van der Waals surface area contributed by atoms with Gasteiger partial charge in [-0.25, -0.2) is 5.43 Å². The molecule has 1 aliphatic heterocycles. The highest BCUT2D eigenvalue weighted by Gasteiger charge is 2.33. The molecule has 0 saturated carbocycles.